The Hall–Kier alpha value is -0.470. The third-order valence-electron chi connectivity index (χ3n) is 1.83. The van der Waals surface area contributed by atoms with Crippen molar-refractivity contribution in [2.75, 3.05) is 19.3 Å². The van der Waals surface area contributed by atoms with E-state index in [2.05, 4.69) is 35.6 Å². The fraction of sp³-hybridized carbons (Fsp3) is 0.455. The maximum atomic E-state index is 3.15. The summed E-state index contributed by atoms with van der Waals surface area (Å²) in [4.78, 5) is 0. The Morgan fingerprint density at radius 1 is 1.23 bits per heavy atom. The summed E-state index contributed by atoms with van der Waals surface area (Å²) in [7, 11) is 2.00. The number of benzene rings is 1. The van der Waals surface area contributed by atoms with Crippen LogP contribution in [0.4, 0.5) is 0 Å². The molecule has 1 aromatic carbocycles. The summed E-state index contributed by atoms with van der Waals surface area (Å²) in [6, 6.07) is 10.6. The molecule has 0 aliphatic carbocycles. The van der Waals surface area contributed by atoms with Crippen LogP contribution in [-0.4, -0.2) is 19.3 Å². The van der Waals surface area contributed by atoms with Crippen LogP contribution in [0.1, 0.15) is 12.0 Å². The molecule has 0 atom stereocenters. The van der Waals surface area contributed by atoms with Crippen LogP contribution < -0.4 is 5.32 Å². The van der Waals surface area contributed by atoms with Gasteiger partial charge in [-0.1, -0.05) is 30.3 Å². The fourth-order valence-electron chi connectivity index (χ4n) is 1.12. The highest BCUT2D eigenvalue weighted by Crippen LogP contribution is 2.11. The van der Waals surface area contributed by atoms with Crippen LogP contribution in [0.15, 0.2) is 30.3 Å². The summed E-state index contributed by atoms with van der Waals surface area (Å²) in [5.41, 5.74) is 1.43. The summed E-state index contributed by atoms with van der Waals surface area (Å²) in [5, 5.41) is 3.15. The van der Waals surface area contributed by atoms with Gasteiger partial charge in [0.2, 0.25) is 0 Å². The lowest BCUT2D eigenvalue weighted by Crippen LogP contribution is -2.08. The molecular formula is C11H17NS. The highest BCUT2D eigenvalue weighted by atomic mass is 32.2. The van der Waals surface area contributed by atoms with Crippen molar-refractivity contribution in [3.8, 4) is 0 Å². The van der Waals surface area contributed by atoms with Gasteiger partial charge in [0.1, 0.15) is 0 Å². The van der Waals surface area contributed by atoms with Crippen LogP contribution in [0, 0.1) is 0 Å². The zero-order valence-electron chi connectivity index (χ0n) is 8.12. The van der Waals surface area contributed by atoms with Crippen molar-refractivity contribution >= 4 is 11.8 Å². The third-order valence-corrected chi connectivity index (χ3v) is 2.94. The minimum Gasteiger partial charge on any atom is -0.320 e. The Morgan fingerprint density at radius 2 is 2.00 bits per heavy atom. The lowest BCUT2D eigenvalue weighted by molar-refractivity contribution is 0.778. The molecule has 0 spiro atoms. The van der Waals surface area contributed by atoms with Crippen LogP contribution in [-0.2, 0) is 5.75 Å². The number of rotatable bonds is 6. The second-order valence-corrected chi connectivity index (χ2v) is 4.10. The Bertz CT molecular complexity index is 211. The molecule has 0 aliphatic heterocycles. The van der Waals surface area contributed by atoms with E-state index in [4.69, 9.17) is 0 Å². The van der Waals surface area contributed by atoms with Gasteiger partial charge < -0.3 is 5.32 Å². The molecule has 1 nitrogen and oxygen atoms in total. The topological polar surface area (TPSA) is 12.0 Å². The molecule has 0 unspecified atom stereocenters. The van der Waals surface area contributed by atoms with Gasteiger partial charge in [-0.15, -0.1) is 0 Å². The highest BCUT2D eigenvalue weighted by Gasteiger charge is 1.91. The van der Waals surface area contributed by atoms with Crippen molar-refractivity contribution in [2.24, 2.45) is 0 Å². The Labute approximate surface area is 84.9 Å². The second-order valence-electron chi connectivity index (χ2n) is 3.00. The van der Waals surface area contributed by atoms with Crippen molar-refractivity contribution < 1.29 is 0 Å². The van der Waals surface area contributed by atoms with Crippen LogP contribution in [0.2, 0.25) is 0 Å². The summed E-state index contributed by atoms with van der Waals surface area (Å²) in [5.74, 6) is 2.39. The Balaban J connectivity index is 2.07. The molecule has 1 N–H and O–H groups in total. The van der Waals surface area contributed by atoms with E-state index in [0.717, 1.165) is 12.3 Å². The average molecular weight is 195 g/mol. The van der Waals surface area contributed by atoms with Crippen molar-refractivity contribution in [3.05, 3.63) is 35.9 Å². The fourth-order valence-corrected chi connectivity index (χ4v) is 2.04. The zero-order valence-corrected chi connectivity index (χ0v) is 8.94. The second kappa shape index (κ2) is 6.98. The maximum Gasteiger partial charge on any atom is 0.0184 e. The quantitative estimate of drug-likeness (QED) is 0.700. The van der Waals surface area contributed by atoms with E-state index in [9.17, 15) is 0 Å². The Kier molecular flexibility index (Phi) is 5.70. The van der Waals surface area contributed by atoms with Crippen LogP contribution in [0.3, 0.4) is 0 Å². The average Bonchev–Trinajstić information content (AvgIpc) is 2.19. The van der Waals surface area contributed by atoms with E-state index < -0.39 is 0 Å². The molecule has 72 valence electrons. The number of nitrogens with one attached hydrogen (secondary N) is 1. The molecule has 0 radical (unpaired) electrons. The summed E-state index contributed by atoms with van der Waals surface area (Å²) in [6.07, 6.45) is 1.26. The molecule has 0 aromatic heterocycles. The first kappa shape index (κ1) is 10.6. The first-order chi connectivity index (χ1) is 6.43. The van der Waals surface area contributed by atoms with Gasteiger partial charge in [-0.2, -0.15) is 11.8 Å². The molecule has 0 saturated carbocycles. The van der Waals surface area contributed by atoms with Gasteiger partial charge in [0.15, 0.2) is 0 Å². The zero-order chi connectivity index (χ0) is 9.36. The molecule has 0 fully saturated rings. The SMILES string of the molecule is CNCCCSCc1ccccc1. The van der Waals surface area contributed by atoms with E-state index in [1.807, 2.05) is 18.8 Å². The van der Waals surface area contributed by atoms with E-state index in [0.29, 0.717) is 0 Å². The molecule has 2 heteroatoms. The van der Waals surface area contributed by atoms with E-state index in [-0.39, 0.29) is 0 Å². The number of hydrogen-bond acceptors (Lipinski definition) is 2. The molecule has 0 aliphatic rings. The lowest BCUT2D eigenvalue weighted by atomic mass is 10.2. The van der Waals surface area contributed by atoms with E-state index >= 15 is 0 Å². The van der Waals surface area contributed by atoms with Gasteiger partial charge in [0.25, 0.3) is 0 Å². The molecule has 1 rings (SSSR count). The van der Waals surface area contributed by atoms with Crippen molar-refractivity contribution in [1.29, 1.82) is 0 Å². The molecule has 1 aromatic rings. The Morgan fingerprint density at radius 3 is 2.69 bits per heavy atom. The molecule has 0 bridgehead atoms. The van der Waals surface area contributed by atoms with Gasteiger partial charge >= 0.3 is 0 Å². The summed E-state index contributed by atoms with van der Waals surface area (Å²) in [6.45, 7) is 1.13. The minimum absolute atomic E-state index is 1.13. The maximum absolute atomic E-state index is 3.15. The first-order valence-electron chi connectivity index (χ1n) is 4.70. The molecule has 0 amide bonds. The third kappa shape index (κ3) is 4.96. The predicted octanol–water partition coefficient (Wildman–Crippen LogP) is 2.53. The van der Waals surface area contributed by atoms with Crippen molar-refractivity contribution in [2.45, 2.75) is 12.2 Å². The van der Waals surface area contributed by atoms with E-state index in [1.54, 1.807) is 0 Å². The van der Waals surface area contributed by atoms with Gasteiger partial charge in [-0.05, 0) is 31.3 Å². The van der Waals surface area contributed by atoms with Crippen LogP contribution in [0.25, 0.3) is 0 Å². The minimum atomic E-state index is 1.13. The molecule has 13 heavy (non-hydrogen) atoms. The van der Waals surface area contributed by atoms with Crippen molar-refractivity contribution in [1.82, 2.24) is 5.32 Å². The molecule has 0 saturated heterocycles. The number of hydrogen-bond donors (Lipinski definition) is 1. The van der Waals surface area contributed by atoms with Gasteiger partial charge in [0, 0.05) is 5.75 Å². The molecule has 0 heterocycles. The predicted molar refractivity (Wildman–Crippen MR) is 61.1 cm³/mol. The summed E-state index contributed by atoms with van der Waals surface area (Å²) < 4.78 is 0. The highest BCUT2D eigenvalue weighted by molar-refractivity contribution is 7.98. The smallest absolute Gasteiger partial charge is 0.0184 e. The van der Waals surface area contributed by atoms with Crippen LogP contribution in [0.5, 0.6) is 0 Å². The normalized spacial score (nSPS) is 10.2. The van der Waals surface area contributed by atoms with Gasteiger partial charge in [-0.3, -0.25) is 0 Å². The summed E-state index contributed by atoms with van der Waals surface area (Å²) >= 11 is 2.01. The largest absolute Gasteiger partial charge is 0.320 e. The van der Waals surface area contributed by atoms with Gasteiger partial charge in [0.05, 0.1) is 0 Å². The van der Waals surface area contributed by atoms with E-state index in [1.165, 1.54) is 17.7 Å². The first-order valence-corrected chi connectivity index (χ1v) is 5.85. The standard InChI is InChI=1S/C11H17NS/c1-12-8-5-9-13-10-11-6-3-2-4-7-11/h2-4,6-7,12H,5,8-10H2,1H3. The van der Waals surface area contributed by atoms with Gasteiger partial charge in [-0.25, -0.2) is 0 Å². The van der Waals surface area contributed by atoms with Crippen LogP contribution >= 0.6 is 11.8 Å². The van der Waals surface area contributed by atoms with Crippen molar-refractivity contribution in [3.63, 3.8) is 0 Å². The number of thioether (sulfide) groups is 1. The lowest BCUT2D eigenvalue weighted by Gasteiger charge is -2.01. The molecular weight excluding hydrogens is 178 g/mol. The monoisotopic (exact) mass is 195 g/mol.